The first-order valence-electron chi connectivity index (χ1n) is 11.5. The first-order chi connectivity index (χ1) is 14.3. The normalized spacial score (nSPS) is 17.7. The summed E-state index contributed by atoms with van der Waals surface area (Å²) in [4.78, 5) is 9.46. The van der Waals surface area contributed by atoms with Crippen LogP contribution in [-0.2, 0) is 6.54 Å². The Bertz CT molecular complexity index is 674. The second-order valence-electron chi connectivity index (χ2n) is 8.91. The van der Waals surface area contributed by atoms with E-state index in [9.17, 15) is 0 Å². The van der Waals surface area contributed by atoms with Gasteiger partial charge in [0.05, 0.1) is 6.10 Å². The van der Waals surface area contributed by atoms with Gasteiger partial charge in [0.1, 0.15) is 5.75 Å². The van der Waals surface area contributed by atoms with Crippen LogP contribution in [0.25, 0.3) is 0 Å². The van der Waals surface area contributed by atoms with Crippen LogP contribution in [0, 0.1) is 12.8 Å². The van der Waals surface area contributed by atoms with Crippen molar-refractivity contribution in [1.29, 1.82) is 0 Å². The van der Waals surface area contributed by atoms with Gasteiger partial charge >= 0.3 is 0 Å². The first kappa shape index (κ1) is 28.0. The number of nitrogens with one attached hydrogen (secondary N) is 2. The minimum Gasteiger partial charge on any atom is -0.490 e. The Kier molecular flexibility index (Phi) is 12.8. The second kappa shape index (κ2) is 14.2. The van der Waals surface area contributed by atoms with E-state index in [1.807, 2.05) is 7.05 Å². The van der Waals surface area contributed by atoms with Gasteiger partial charge in [-0.25, -0.2) is 0 Å². The predicted molar refractivity (Wildman–Crippen MR) is 143 cm³/mol. The minimum absolute atomic E-state index is 0. The molecule has 2 rings (SSSR count). The molecular weight excluding hydrogens is 501 g/mol. The quantitative estimate of drug-likeness (QED) is 0.282. The topological polar surface area (TPSA) is 52.1 Å². The average Bonchev–Trinajstić information content (AvgIpc) is 2.72. The van der Waals surface area contributed by atoms with Gasteiger partial charge in [-0.15, -0.1) is 24.0 Å². The van der Waals surface area contributed by atoms with Crippen molar-refractivity contribution in [1.82, 2.24) is 20.4 Å². The number of hydrogen-bond donors (Lipinski definition) is 2. The zero-order valence-electron chi connectivity index (χ0n) is 20.6. The maximum absolute atomic E-state index is 6.15. The van der Waals surface area contributed by atoms with Crippen LogP contribution in [-0.4, -0.2) is 74.7 Å². The van der Waals surface area contributed by atoms with E-state index < -0.39 is 0 Å². The van der Waals surface area contributed by atoms with Gasteiger partial charge in [-0.05, 0) is 44.9 Å². The van der Waals surface area contributed by atoms with Gasteiger partial charge in [-0.2, -0.15) is 0 Å². The van der Waals surface area contributed by atoms with Crippen molar-refractivity contribution >= 4 is 29.9 Å². The number of hydrogen-bond acceptors (Lipinski definition) is 4. The zero-order valence-corrected chi connectivity index (χ0v) is 22.9. The van der Waals surface area contributed by atoms with Gasteiger partial charge in [0, 0.05) is 57.9 Å². The molecule has 1 aliphatic heterocycles. The number of likely N-dealkylation sites (N-methyl/N-ethyl adjacent to an activating group) is 1. The Morgan fingerprint density at radius 1 is 1.13 bits per heavy atom. The molecule has 0 amide bonds. The first-order valence-corrected chi connectivity index (χ1v) is 11.5. The van der Waals surface area contributed by atoms with Crippen LogP contribution in [0.4, 0.5) is 0 Å². The number of ether oxygens (including phenoxy) is 1. The van der Waals surface area contributed by atoms with E-state index in [0.29, 0.717) is 18.5 Å². The summed E-state index contributed by atoms with van der Waals surface area (Å²) in [6, 6.07) is 6.91. The largest absolute Gasteiger partial charge is 0.490 e. The van der Waals surface area contributed by atoms with E-state index in [2.05, 4.69) is 85.3 Å². The summed E-state index contributed by atoms with van der Waals surface area (Å²) in [6.07, 6.45) is 1.20. The third-order valence-electron chi connectivity index (χ3n) is 6.05. The maximum atomic E-state index is 6.15. The molecule has 0 saturated carbocycles. The fourth-order valence-corrected chi connectivity index (χ4v) is 3.76. The summed E-state index contributed by atoms with van der Waals surface area (Å²) in [5, 5.41) is 7.03. The molecule has 2 atom stereocenters. The van der Waals surface area contributed by atoms with Crippen molar-refractivity contribution in [2.75, 3.05) is 46.8 Å². The van der Waals surface area contributed by atoms with Crippen molar-refractivity contribution in [2.45, 2.75) is 59.7 Å². The van der Waals surface area contributed by atoms with E-state index in [-0.39, 0.29) is 30.1 Å². The SMILES string of the molecule is CCC(C)Oc1cc(C)ccc1CNC(=NC)NCC(C(C)C)N1CCN(C)CC1.I. The molecule has 2 N–H and O–H groups in total. The number of nitrogens with zero attached hydrogens (tertiary/aromatic N) is 3. The van der Waals surface area contributed by atoms with Crippen LogP contribution in [0.15, 0.2) is 23.2 Å². The summed E-state index contributed by atoms with van der Waals surface area (Å²) >= 11 is 0. The van der Waals surface area contributed by atoms with E-state index >= 15 is 0 Å². The van der Waals surface area contributed by atoms with Gasteiger partial charge in [-0.3, -0.25) is 9.89 Å². The smallest absolute Gasteiger partial charge is 0.191 e. The lowest BCUT2D eigenvalue weighted by Crippen LogP contribution is -2.55. The molecule has 0 aromatic heterocycles. The molecular formula is C24H44IN5O. The lowest BCUT2D eigenvalue weighted by Gasteiger charge is -2.40. The van der Waals surface area contributed by atoms with Crippen LogP contribution in [0.2, 0.25) is 0 Å². The number of aliphatic imine (C=N–C) groups is 1. The Morgan fingerprint density at radius 3 is 2.39 bits per heavy atom. The highest BCUT2D eigenvalue weighted by Gasteiger charge is 2.25. The molecule has 0 aliphatic carbocycles. The Hall–Kier alpha value is -1.06. The number of halogens is 1. The lowest BCUT2D eigenvalue weighted by molar-refractivity contribution is 0.0900. The third kappa shape index (κ3) is 9.14. The van der Waals surface area contributed by atoms with Gasteiger partial charge in [-0.1, -0.05) is 32.9 Å². The van der Waals surface area contributed by atoms with E-state index in [4.69, 9.17) is 4.74 Å². The Labute approximate surface area is 207 Å². The molecule has 31 heavy (non-hydrogen) atoms. The van der Waals surface area contributed by atoms with E-state index in [1.165, 1.54) is 5.56 Å². The van der Waals surface area contributed by atoms with Crippen LogP contribution in [0.5, 0.6) is 5.75 Å². The van der Waals surface area contributed by atoms with E-state index in [1.54, 1.807) is 0 Å². The van der Waals surface area contributed by atoms with Gasteiger partial charge < -0.3 is 20.3 Å². The number of rotatable bonds is 9. The van der Waals surface area contributed by atoms with Crippen LogP contribution in [0.1, 0.15) is 45.2 Å². The van der Waals surface area contributed by atoms with E-state index in [0.717, 1.165) is 56.4 Å². The highest BCUT2D eigenvalue weighted by atomic mass is 127. The molecule has 1 aromatic carbocycles. The zero-order chi connectivity index (χ0) is 22.1. The van der Waals surface area contributed by atoms with Crippen molar-refractivity contribution in [3.05, 3.63) is 29.3 Å². The number of benzene rings is 1. The Morgan fingerprint density at radius 2 is 1.81 bits per heavy atom. The number of piperazine rings is 1. The second-order valence-corrected chi connectivity index (χ2v) is 8.91. The van der Waals surface area contributed by atoms with Gasteiger partial charge in [0.25, 0.3) is 0 Å². The van der Waals surface area contributed by atoms with Crippen molar-refractivity contribution in [3.8, 4) is 5.75 Å². The summed E-state index contributed by atoms with van der Waals surface area (Å²) in [6.45, 7) is 17.1. The molecule has 0 bridgehead atoms. The summed E-state index contributed by atoms with van der Waals surface area (Å²) < 4.78 is 6.15. The molecule has 1 heterocycles. The van der Waals surface area contributed by atoms with Gasteiger partial charge in [0.15, 0.2) is 5.96 Å². The molecule has 0 spiro atoms. The van der Waals surface area contributed by atoms with Crippen molar-refractivity contribution in [3.63, 3.8) is 0 Å². The summed E-state index contributed by atoms with van der Waals surface area (Å²) in [5.74, 6) is 2.39. The van der Waals surface area contributed by atoms with Crippen LogP contribution in [0.3, 0.4) is 0 Å². The molecule has 1 aromatic rings. The molecule has 1 saturated heterocycles. The van der Waals surface area contributed by atoms with Crippen molar-refractivity contribution < 1.29 is 4.74 Å². The number of guanidine groups is 1. The fourth-order valence-electron chi connectivity index (χ4n) is 3.76. The predicted octanol–water partition coefficient (Wildman–Crippen LogP) is 3.73. The van der Waals surface area contributed by atoms with Gasteiger partial charge in [0.2, 0.25) is 0 Å². The highest BCUT2D eigenvalue weighted by Crippen LogP contribution is 2.22. The average molecular weight is 546 g/mol. The van der Waals surface area contributed by atoms with Crippen molar-refractivity contribution in [2.24, 2.45) is 10.9 Å². The highest BCUT2D eigenvalue weighted by molar-refractivity contribution is 14.0. The molecule has 1 fully saturated rings. The standard InChI is InChI=1S/C24H43N5O.HI/c1-8-20(5)30-23-15-19(4)9-10-21(23)16-26-24(25-6)27-17-22(18(2)3)29-13-11-28(7)12-14-29;/h9-10,15,18,20,22H,8,11-14,16-17H2,1-7H3,(H2,25,26,27);1H. The molecule has 7 heteroatoms. The lowest BCUT2D eigenvalue weighted by atomic mass is 10.0. The summed E-state index contributed by atoms with van der Waals surface area (Å²) in [5.41, 5.74) is 2.37. The molecule has 6 nitrogen and oxygen atoms in total. The maximum Gasteiger partial charge on any atom is 0.191 e. The number of aryl methyl sites for hydroxylation is 1. The molecule has 1 aliphatic rings. The summed E-state index contributed by atoms with van der Waals surface area (Å²) in [7, 11) is 4.04. The minimum atomic E-state index is 0. The van der Waals surface area contributed by atoms with Crippen LogP contribution >= 0.6 is 24.0 Å². The monoisotopic (exact) mass is 545 g/mol. The van der Waals surface area contributed by atoms with Crippen LogP contribution < -0.4 is 15.4 Å². The Balaban J connectivity index is 0.00000480. The molecule has 0 radical (unpaired) electrons. The molecule has 178 valence electrons. The fraction of sp³-hybridized carbons (Fsp3) is 0.708. The molecule has 2 unspecified atom stereocenters. The third-order valence-corrected chi connectivity index (χ3v) is 6.05.